The molecule has 2 aromatic carbocycles. The first kappa shape index (κ1) is 43.9. The van der Waals surface area contributed by atoms with Gasteiger partial charge < -0.3 is 54.2 Å². The second-order valence-electron chi connectivity index (χ2n) is 14.8. The average molecular weight is 846 g/mol. The van der Waals surface area contributed by atoms with Gasteiger partial charge in [-0.3, -0.25) is 14.7 Å². The molecule has 2 bridgehead atoms. The van der Waals surface area contributed by atoms with E-state index in [1.54, 1.807) is 19.2 Å². The fraction of sp³-hybridized carbons (Fsp3) is 0.585. The summed E-state index contributed by atoms with van der Waals surface area (Å²) in [6.07, 6.45) is 2.23. The number of ether oxygens (including phenoxy) is 6. The van der Waals surface area contributed by atoms with Gasteiger partial charge in [-0.05, 0) is 43.2 Å². The number of halogens is 2. The molecule has 1 saturated heterocycles. The molecule has 6 rings (SSSR count). The molecule has 1 aliphatic heterocycles. The molecule has 4 N–H and O–H groups in total. The second kappa shape index (κ2) is 21.5. The van der Waals surface area contributed by atoms with E-state index < -0.39 is 12.2 Å². The first-order chi connectivity index (χ1) is 28.2. The number of aliphatic hydroxyl groups is 2. The zero-order valence-electron chi connectivity index (χ0n) is 33.1. The lowest BCUT2D eigenvalue weighted by molar-refractivity contribution is -0.130. The maximum Gasteiger partial charge on any atom is 0.223 e. The molecular weight excluding hydrogens is 791 g/mol. The number of amides is 1. The highest BCUT2D eigenvalue weighted by molar-refractivity contribution is 6.37. The highest BCUT2D eigenvalue weighted by Crippen LogP contribution is 2.48. The predicted molar refractivity (Wildman–Crippen MR) is 219 cm³/mol. The van der Waals surface area contributed by atoms with Gasteiger partial charge in [-0.25, -0.2) is 0 Å². The van der Waals surface area contributed by atoms with Crippen molar-refractivity contribution in [2.75, 3.05) is 112 Å². The number of hydrogen-bond donors (Lipinski definition) is 4. The maximum atomic E-state index is 12.4. The highest BCUT2D eigenvalue weighted by Gasteiger charge is 2.53. The van der Waals surface area contributed by atoms with Gasteiger partial charge in [0.15, 0.2) is 11.5 Å². The summed E-state index contributed by atoms with van der Waals surface area (Å²) in [6, 6.07) is 9.09. The highest BCUT2D eigenvalue weighted by atomic mass is 35.5. The lowest BCUT2D eigenvalue weighted by atomic mass is 9.84. The smallest absolute Gasteiger partial charge is 0.223 e. The summed E-state index contributed by atoms with van der Waals surface area (Å²) in [7, 11) is 3.10. The summed E-state index contributed by atoms with van der Waals surface area (Å²) in [6.45, 7) is 9.54. The van der Waals surface area contributed by atoms with Crippen LogP contribution in [0.1, 0.15) is 24.8 Å². The average Bonchev–Trinajstić information content (AvgIpc) is 3.79. The topological polar surface area (TPSA) is 180 Å². The number of methoxy groups -OCH3 is 2. The number of aromatic nitrogens is 1. The molecule has 17 heteroatoms. The van der Waals surface area contributed by atoms with E-state index in [-0.39, 0.29) is 23.7 Å². The zero-order chi connectivity index (χ0) is 41.0. The molecule has 1 amide bonds. The van der Waals surface area contributed by atoms with Gasteiger partial charge in [-0.2, -0.15) is 5.26 Å². The Balaban J connectivity index is 0.811. The molecule has 0 radical (unpaired) electrons. The summed E-state index contributed by atoms with van der Waals surface area (Å²) in [5, 5.41) is 37.4. The quantitative estimate of drug-likeness (QED) is 0.106. The molecule has 2 saturated carbocycles. The van der Waals surface area contributed by atoms with E-state index in [2.05, 4.69) is 31.5 Å². The Bertz CT molecular complexity index is 1880. The number of pyridine rings is 1. The second-order valence-corrected chi connectivity index (χ2v) is 15.6. The first-order valence-corrected chi connectivity index (χ1v) is 20.6. The molecule has 2 heterocycles. The van der Waals surface area contributed by atoms with Crippen molar-refractivity contribution in [3.05, 3.63) is 46.1 Å². The van der Waals surface area contributed by atoms with Crippen LogP contribution in [0, 0.1) is 29.1 Å². The number of rotatable bonds is 22. The number of anilines is 2. The van der Waals surface area contributed by atoms with Gasteiger partial charge in [0.1, 0.15) is 11.8 Å². The Morgan fingerprint density at radius 3 is 2.21 bits per heavy atom. The number of hydrogen-bond acceptors (Lipinski definition) is 14. The van der Waals surface area contributed by atoms with Crippen LogP contribution in [-0.4, -0.2) is 149 Å². The lowest BCUT2D eigenvalue weighted by Crippen LogP contribution is -2.47. The fourth-order valence-corrected chi connectivity index (χ4v) is 8.54. The van der Waals surface area contributed by atoms with Gasteiger partial charge >= 0.3 is 0 Å². The van der Waals surface area contributed by atoms with Crippen molar-refractivity contribution in [2.24, 2.45) is 17.8 Å². The number of nitrogens with zero attached hydrogens (tertiary/aromatic N) is 4. The van der Waals surface area contributed by atoms with Gasteiger partial charge in [0.2, 0.25) is 5.91 Å². The number of benzene rings is 2. The molecule has 3 fully saturated rings. The molecule has 2 aliphatic carbocycles. The van der Waals surface area contributed by atoms with Crippen LogP contribution < -0.4 is 24.8 Å². The minimum absolute atomic E-state index is 0.0287. The predicted octanol–water partition coefficient (Wildman–Crippen LogP) is 4.10. The molecule has 316 valence electrons. The molecule has 15 nitrogen and oxygen atoms in total. The minimum Gasteiger partial charge on any atom is -0.495 e. The van der Waals surface area contributed by atoms with Crippen LogP contribution in [0.15, 0.2) is 30.5 Å². The minimum atomic E-state index is -0.792. The normalized spacial score (nSPS) is 21.9. The Hall–Kier alpha value is -3.69. The van der Waals surface area contributed by atoms with Crippen LogP contribution in [0.3, 0.4) is 0 Å². The van der Waals surface area contributed by atoms with E-state index in [0.29, 0.717) is 114 Å². The van der Waals surface area contributed by atoms with Gasteiger partial charge in [0, 0.05) is 75.4 Å². The summed E-state index contributed by atoms with van der Waals surface area (Å²) >= 11 is 12.7. The van der Waals surface area contributed by atoms with E-state index in [1.165, 1.54) is 13.3 Å². The first-order valence-electron chi connectivity index (χ1n) is 19.9. The third kappa shape index (κ3) is 11.1. The van der Waals surface area contributed by atoms with E-state index >= 15 is 0 Å². The molecule has 3 aliphatic rings. The van der Waals surface area contributed by atoms with Crippen LogP contribution in [0.2, 0.25) is 10.0 Å². The van der Waals surface area contributed by atoms with Gasteiger partial charge in [0.05, 0.1) is 105 Å². The molecular formula is C41H54Cl2N6O9. The molecule has 3 aromatic rings. The number of piperazine rings is 1. The van der Waals surface area contributed by atoms with E-state index in [0.717, 1.165) is 52.1 Å². The summed E-state index contributed by atoms with van der Waals surface area (Å²) in [5.41, 5.74) is 2.01. The van der Waals surface area contributed by atoms with Crippen molar-refractivity contribution in [1.82, 2.24) is 20.1 Å². The van der Waals surface area contributed by atoms with Crippen LogP contribution >= 0.6 is 23.2 Å². The number of nitriles is 1. The SMILES string of the molecule is COc1cc(Nc2c(C#N)cnc3cc(OCCCN4CCN(CCOCCOCCOCCNC(=O)C5CC6CC5C(O)C6O)CC4)c(OC)cc23)c(Cl)cc1Cl. The molecule has 58 heavy (non-hydrogen) atoms. The largest absolute Gasteiger partial charge is 0.495 e. The van der Waals surface area contributed by atoms with Crippen molar-refractivity contribution < 1.29 is 43.4 Å². The Morgan fingerprint density at radius 2 is 1.53 bits per heavy atom. The monoisotopic (exact) mass is 844 g/mol. The standard InChI is InChI=1S/C41H54Cl2N6O9/c1-53-35-23-34(31(42)21-32(35)43)47-38-27(24-44)25-46-33-22-37(36(54-2)20-30(33)38)58-11-3-5-48-6-8-49(9-7-48)10-13-56-15-17-57-16-14-55-12-4-45-41(52)29-19-26-18-28(29)40(51)39(26)50/h20-23,25-26,28-29,39-40,50-51H,3-19H2,1-2H3,(H,45,52)(H,46,47). The Morgan fingerprint density at radius 1 is 0.845 bits per heavy atom. The van der Waals surface area contributed by atoms with E-state index in [1.807, 2.05) is 12.1 Å². The number of fused-ring (bicyclic) bond motifs is 3. The van der Waals surface area contributed by atoms with Crippen molar-refractivity contribution >= 4 is 51.4 Å². The fourth-order valence-electron chi connectivity index (χ4n) is 8.03. The molecule has 5 unspecified atom stereocenters. The van der Waals surface area contributed by atoms with E-state index in [9.17, 15) is 20.3 Å². The zero-order valence-corrected chi connectivity index (χ0v) is 34.6. The lowest BCUT2D eigenvalue weighted by Gasteiger charge is -2.34. The van der Waals surface area contributed by atoms with E-state index in [4.69, 9.17) is 51.6 Å². The van der Waals surface area contributed by atoms with Crippen LogP contribution in [-0.2, 0) is 19.0 Å². The van der Waals surface area contributed by atoms with Gasteiger partial charge in [0.25, 0.3) is 0 Å². The summed E-state index contributed by atoms with van der Waals surface area (Å²) < 4.78 is 34.2. The van der Waals surface area contributed by atoms with Crippen molar-refractivity contribution in [1.29, 1.82) is 5.26 Å². The van der Waals surface area contributed by atoms with Crippen molar-refractivity contribution in [3.63, 3.8) is 0 Å². The van der Waals surface area contributed by atoms with Crippen molar-refractivity contribution in [2.45, 2.75) is 31.5 Å². The number of aliphatic hydroxyl groups excluding tert-OH is 2. The van der Waals surface area contributed by atoms with Crippen molar-refractivity contribution in [3.8, 4) is 23.3 Å². The third-order valence-electron chi connectivity index (χ3n) is 11.2. The van der Waals surface area contributed by atoms with Gasteiger partial charge in [-0.1, -0.05) is 23.2 Å². The molecule has 1 aromatic heterocycles. The Labute approximate surface area is 349 Å². The maximum absolute atomic E-state index is 12.4. The van der Waals surface area contributed by atoms with Crippen LogP contribution in [0.5, 0.6) is 17.2 Å². The number of carbonyl (C=O) groups excluding carboxylic acids is 1. The number of carbonyl (C=O) groups is 1. The number of nitrogens with one attached hydrogen (secondary N) is 2. The summed E-state index contributed by atoms with van der Waals surface area (Å²) in [5.74, 6) is 1.14. The van der Waals surface area contributed by atoms with Crippen LogP contribution in [0.4, 0.5) is 11.4 Å². The van der Waals surface area contributed by atoms with Crippen LogP contribution in [0.25, 0.3) is 10.9 Å². The third-order valence-corrected chi connectivity index (χ3v) is 11.8. The van der Waals surface area contributed by atoms with Gasteiger partial charge in [-0.15, -0.1) is 0 Å². The molecule has 5 atom stereocenters. The molecule has 0 spiro atoms. The Kier molecular flexibility index (Phi) is 16.3. The summed E-state index contributed by atoms with van der Waals surface area (Å²) in [4.78, 5) is 21.8.